The van der Waals surface area contributed by atoms with Crippen molar-refractivity contribution in [2.45, 2.75) is 19.9 Å². The Bertz CT molecular complexity index is 528. The highest BCUT2D eigenvalue weighted by Crippen LogP contribution is 2.08. The van der Waals surface area contributed by atoms with Crippen molar-refractivity contribution in [2.75, 3.05) is 0 Å². The number of hydrogen-bond donors (Lipinski definition) is 2. The zero-order valence-electron chi connectivity index (χ0n) is 9.85. The van der Waals surface area contributed by atoms with Gasteiger partial charge < -0.3 is 10.3 Å². The highest BCUT2D eigenvalue weighted by atomic mass is 15.1. The van der Waals surface area contributed by atoms with Crippen molar-refractivity contribution in [3.05, 3.63) is 53.6 Å². The van der Waals surface area contributed by atoms with E-state index in [0.29, 0.717) is 0 Å². The minimum Gasteiger partial charge on any atom is -0.384 e. The fourth-order valence-corrected chi connectivity index (χ4v) is 1.83. The Morgan fingerprint density at radius 2 is 2.29 bits per heavy atom. The molecule has 1 aromatic heterocycles. The van der Waals surface area contributed by atoms with Crippen molar-refractivity contribution >= 4 is 5.84 Å². The Kier molecular flexibility index (Phi) is 3.23. The molecule has 0 unspecified atom stereocenters. The third kappa shape index (κ3) is 2.53. The topological polar surface area (TPSA) is 67.7 Å². The predicted octanol–water partition coefficient (Wildman–Crippen LogP) is 1.78. The SMILES string of the molecule is CCc1nccn1Cc1cccc(C(=N)N)c1. The molecule has 2 rings (SSSR count). The molecule has 3 N–H and O–H groups in total. The molecule has 0 aliphatic rings. The van der Waals surface area contributed by atoms with E-state index in [-0.39, 0.29) is 5.84 Å². The summed E-state index contributed by atoms with van der Waals surface area (Å²) in [5.74, 6) is 1.17. The van der Waals surface area contributed by atoms with E-state index in [9.17, 15) is 0 Å². The zero-order valence-corrected chi connectivity index (χ0v) is 9.85. The molecule has 17 heavy (non-hydrogen) atoms. The van der Waals surface area contributed by atoms with E-state index in [1.807, 2.05) is 36.7 Å². The monoisotopic (exact) mass is 228 g/mol. The summed E-state index contributed by atoms with van der Waals surface area (Å²) < 4.78 is 2.11. The van der Waals surface area contributed by atoms with Crippen LogP contribution < -0.4 is 5.73 Å². The van der Waals surface area contributed by atoms with Crippen LogP contribution in [0.4, 0.5) is 0 Å². The average Bonchev–Trinajstić information content (AvgIpc) is 2.76. The van der Waals surface area contributed by atoms with Crippen LogP contribution in [0.5, 0.6) is 0 Å². The molecule has 0 saturated carbocycles. The van der Waals surface area contributed by atoms with Gasteiger partial charge in [0.25, 0.3) is 0 Å². The van der Waals surface area contributed by atoms with Gasteiger partial charge in [0.1, 0.15) is 11.7 Å². The molecule has 0 aliphatic heterocycles. The summed E-state index contributed by atoms with van der Waals surface area (Å²) >= 11 is 0. The van der Waals surface area contributed by atoms with E-state index in [2.05, 4.69) is 16.5 Å². The first-order valence-electron chi connectivity index (χ1n) is 5.64. The van der Waals surface area contributed by atoms with Gasteiger partial charge in [0.05, 0.1) is 0 Å². The number of nitrogens with zero attached hydrogens (tertiary/aromatic N) is 2. The molecule has 0 aliphatic carbocycles. The molecule has 0 fully saturated rings. The summed E-state index contributed by atoms with van der Waals surface area (Å²) in [4.78, 5) is 4.28. The number of aromatic nitrogens is 2. The predicted molar refractivity (Wildman–Crippen MR) is 68.2 cm³/mol. The summed E-state index contributed by atoms with van der Waals surface area (Å²) in [6.07, 6.45) is 4.70. The number of rotatable bonds is 4. The minimum atomic E-state index is 0.105. The molecule has 0 radical (unpaired) electrons. The van der Waals surface area contributed by atoms with E-state index < -0.39 is 0 Å². The van der Waals surface area contributed by atoms with E-state index >= 15 is 0 Å². The van der Waals surface area contributed by atoms with Crippen LogP contribution in [0.2, 0.25) is 0 Å². The Morgan fingerprint density at radius 1 is 1.47 bits per heavy atom. The standard InChI is InChI=1S/C13H16N4/c1-2-12-16-6-7-17(12)9-10-4-3-5-11(8-10)13(14)15/h3-8H,2,9H2,1H3,(H3,14,15). The smallest absolute Gasteiger partial charge is 0.122 e. The van der Waals surface area contributed by atoms with Gasteiger partial charge >= 0.3 is 0 Å². The lowest BCUT2D eigenvalue weighted by Crippen LogP contribution is -2.11. The maximum absolute atomic E-state index is 7.42. The van der Waals surface area contributed by atoms with Crippen LogP contribution >= 0.6 is 0 Å². The molecule has 0 amide bonds. The van der Waals surface area contributed by atoms with Crippen LogP contribution in [0.1, 0.15) is 23.9 Å². The van der Waals surface area contributed by atoms with Crippen molar-refractivity contribution in [3.8, 4) is 0 Å². The number of amidine groups is 1. The van der Waals surface area contributed by atoms with E-state index in [1.54, 1.807) is 0 Å². The molecule has 88 valence electrons. The Morgan fingerprint density at radius 3 is 3.00 bits per heavy atom. The third-order valence-electron chi connectivity index (χ3n) is 2.71. The van der Waals surface area contributed by atoms with Gasteiger partial charge in [-0.2, -0.15) is 0 Å². The number of benzene rings is 1. The van der Waals surface area contributed by atoms with Gasteiger partial charge in [-0.15, -0.1) is 0 Å². The van der Waals surface area contributed by atoms with Crippen molar-refractivity contribution in [3.63, 3.8) is 0 Å². The van der Waals surface area contributed by atoms with Crippen LogP contribution in [0.25, 0.3) is 0 Å². The van der Waals surface area contributed by atoms with Crippen molar-refractivity contribution in [1.82, 2.24) is 9.55 Å². The van der Waals surface area contributed by atoms with E-state index in [0.717, 1.165) is 29.9 Å². The van der Waals surface area contributed by atoms with Crippen molar-refractivity contribution in [1.29, 1.82) is 5.41 Å². The van der Waals surface area contributed by atoms with Crippen LogP contribution in [-0.2, 0) is 13.0 Å². The van der Waals surface area contributed by atoms with Gasteiger partial charge in [-0.05, 0) is 11.6 Å². The normalized spacial score (nSPS) is 10.4. The molecule has 0 spiro atoms. The molecule has 0 saturated heterocycles. The summed E-state index contributed by atoms with van der Waals surface area (Å²) in [7, 11) is 0. The van der Waals surface area contributed by atoms with Crippen molar-refractivity contribution < 1.29 is 0 Å². The van der Waals surface area contributed by atoms with Gasteiger partial charge in [-0.3, -0.25) is 5.41 Å². The fourth-order valence-electron chi connectivity index (χ4n) is 1.83. The van der Waals surface area contributed by atoms with E-state index in [1.165, 1.54) is 0 Å². The van der Waals surface area contributed by atoms with Crippen LogP contribution in [0.15, 0.2) is 36.7 Å². The molecular weight excluding hydrogens is 212 g/mol. The fraction of sp³-hybridized carbons (Fsp3) is 0.231. The largest absolute Gasteiger partial charge is 0.384 e. The zero-order chi connectivity index (χ0) is 12.3. The number of nitrogens with one attached hydrogen (secondary N) is 1. The number of hydrogen-bond acceptors (Lipinski definition) is 2. The summed E-state index contributed by atoms with van der Waals surface area (Å²) in [5, 5.41) is 7.42. The van der Waals surface area contributed by atoms with E-state index in [4.69, 9.17) is 11.1 Å². The molecular formula is C13H16N4. The number of aryl methyl sites for hydroxylation is 1. The summed E-state index contributed by atoms with van der Waals surface area (Å²) in [5.41, 5.74) is 7.37. The van der Waals surface area contributed by atoms with Gasteiger partial charge in [-0.25, -0.2) is 4.98 Å². The molecule has 0 bridgehead atoms. The van der Waals surface area contributed by atoms with Crippen LogP contribution in [-0.4, -0.2) is 15.4 Å². The lowest BCUT2D eigenvalue weighted by Gasteiger charge is -2.08. The number of nitrogens with two attached hydrogens (primary N) is 1. The first-order valence-corrected chi connectivity index (χ1v) is 5.64. The van der Waals surface area contributed by atoms with Crippen LogP contribution in [0.3, 0.4) is 0 Å². The lowest BCUT2D eigenvalue weighted by atomic mass is 10.1. The van der Waals surface area contributed by atoms with Crippen molar-refractivity contribution in [2.24, 2.45) is 5.73 Å². The summed E-state index contributed by atoms with van der Waals surface area (Å²) in [6.45, 7) is 2.86. The van der Waals surface area contributed by atoms with Gasteiger partial charge in [0.2, 0.25) is 0 Å². The Balaban J connectivity index is 2.24. The Hall–Kier alpha value is -2.10. The minimum absolute atomic E-state index is 0.105. The second kappa shape index (κ2) is 4.82. The second-order valence-electron chi connectivity index (χ2n) is 3.94. The maximum atomic E-state index is 7.42. The van der Waals surface area contributed by atoms with Crippen LogP contribution in [0, 0.1) is 5.41 Å². The molecule has 4 heteroatoms. The average molecular weight is 228 g/mol. The number of nitrogen functional groups attached to an aromatic ring is 1. The first kappa shape index (κ1) is 11.4. The number of imidazole rings is 1. The quantitative estimate of drug-likeness (QED) is 0.618. The molecule has 1 heterocycles. The maximum Gasteiger partial charge on any atom is 0.122 e. The highest BCUT2D eigenvalue weighted by Gasteiger charge is 2.03. The second-order valence-corrected chi connectivity index (χ2v) is 3.94. The third-order valence-corrected chi connectivity index (χ3v) is 2.71. The first-order chi connectivity index (χ1) is 8.20. The Labute approximate surface area is 101 Å². The van der Waals surface area contributed by atoms with Gasteiger partial charge in [0, 0.05) is 30.9 Å². The molecule has 2 aromatic rings. The van der Waals surface area contributed by atoms with Gasteiger partial charge in [0.15, 0.2) is 0 Å². The molecule has 4 nitrogen and oxygen atoms in total. The molecule has 0 atom stereocenters. The summed E-state index contributed by atoms with van der Waals surface area (Å²) in [6, 6.07) is 7.75. The lowest BCUT2D eigenvalue weighted by molar-refractivity contribution is 0.732. The highest BCUT2D eigenvalue weighted by molar-refractivity contribution is 5.95. The molecule has 1 aromatic carbocycles. The van der Waals surface area contributed by atoms with Gasteiger partial charge in [-0.1, -0.05) is 25.1 Å².